The SMILES string of the molecule is O=C(NC1CCCCCC1)c1cccc(F)c1Br. The molecule has 0 aromatic heterocycles. The van der Waals surface area contributed by atoms with Crippen molar-refractivity contribution < 1.29 is 9.18 Å². The van der Waals surface area contributed by atoms with Crippen molar-refractivity contribution in [1.82, 2.24) is 5.32 Å². The van der Waals surface area contributed by atoms with Gasteiger partial charge in [-0.25, -0.2) is 4.39 Å². The van der Waals surface area contributed by atoms with Crippen LogP contribution in [0.5, 0.6) is 0 Å². The third kappa shape index (κ3) is 3.31. The number of benzene rings is 1. The van der Waals surface area contributed by atoms with E-state index in [-0.39, 0.29) is 16.4 Å². The minimum Gasteiger partial charge on any atom is -0.349 e. The van der Waals surface area contributed by atoms with Crippen LogP contribution in [0.2, 0.25) is 0 Å². The molecule has 1 aromatic carbocycles. The Hall–Kier alpha value is -0.900. The zero-order valence-electron chi connectivity index (χ0n) is 10.2. The molecular formula is C14H17BrFNO. The van der Waals surface area contributed by atoms with Gasteiger partial charge in [0.2, 0.25) is 0 Å². The van der Waals surface area contributed by atoms with Gasteiger partial charge in [-0.2, -0.15) is 0 Å². The van der Waals surface area contributed by atoms with Gasteiger partial charge in [0.1, 0.15) is 5.82 Å². The van der Waals surface area contributed by atoms with E-state index >= 15 is 0 Å². The Morgan fingerprint density at radius 3 is 2.56 bits per heavy atom. The van der Waals surface area contributed by atoms with Crippen LogP contribution in [0.3, 0.4) is 0 Å². The number of rotatable bonds is 2. The van der Waals surface area contributed by atoms with Crippen molar-refractivity contribution in [3.63, 3.8) is 0 Å². The molecule has 98 valence electrons. The molecule has 2 rings (SSSR count). The highest BCUT2D eigenvalue weighted by Gasteiger charge is 2.18. The second kappa shape index (κ2) is 6.32. The van der Waals surface area contributed by atoms with E-state index in [0.29, 0.717) is 5.56 Å². The summed E-state index contributed by atoms with van der Waals surface area (Å²) in [4.78, 5) is 12.1. The summed E-state index contributed by atoms with van der Waals surface area (Å²) in [6.45, 7) is 0. The number of amides is 1. The number of nitrogens with one attached hydrogen (secondary N) is 1. The molecule has 1 saturated carbocycles. The van der Waals surface area contributed by atoms with E-state index < -0.39 is 5.82 Å². The number of carbonyl (C=O) groups excluding carboxylic acids is 1. The molecule has 1 aromatic rings. The smallest absolute Gasteiger partial charge is 0.252 e. The Morgan fingerprint density at radius 1 is 1.22 bits per heavy atom. The summed E-state index contributed by atoms with van der Waals surface area (Å²) < 4.78 is 13.6. The molecule has 1 fully saturated rings. The Kier molecular flexibility index (Phi) is 4.75. The van der Waals surface area contributed by atoms with Crippen molar-refractivity contribution in [2.75, 3.05) is 0 Å². The van der Waals surface area contributed by atoms with E-state index in [1.165, 1.54) is 18.9 Å². The van der Waals surface area contributed by atoms with Crippen molar-refractivity contribution in [3.8, 4) is 0 Å². The maximum absolute atomic E-state index is 13.4. The van der Waals surface area contributed by atoms with Gasteiger partial charge in [0, 0.05) is 6.04 Å². The average molecular weight is 314 g/mol. The first-order valence-electron chi connectivity index (χ1n) is 6.43. The normalized spacial score (nSPS) is 17.2. The highest BCUT2D eigenvalue weighted by atomic mass is 79.9. The zero-order chi connectivity index (χ0) is 13.0. The molecule has 0 unspecified atom stereocenters. The summed E-state index contributed by atoms with van der Waals surface area (Å²) in [6.07, 6.45) is 6.87. The van der Waals surface area contributed by atoms with Gasteiger partial charge in [-0.15, -0.1) is 0 Å². The molecule has 0 aliphatic heterocycles. The highest BCUT2D eigenvalue weighted by Crippen LogP contribution is 2.22. The van der Waals surface area contributed by atoms with Crippen LogP contribution in [0.15, 0.2) is 22.7 Å². The van der Waals surface area contributed by atoms with Crippen LogP contribution in [0.4, 0.5) is 4.39 Å². The molecule has 0 spiro atoms. The Balaban J connectivity index is 2.04. The molecule has 0 radical (unpaired) electrons. The lowest BCUT2D eigenvalue weighted by Gasteiger charge is -2.16. The minimum absolute atomic E-state index is 0.187. The van der Waals surface area contributed by atoms with Crippen molar-refractivity contribution in [1.29, 1.82) is 0 Å². The number of hydrogen-bond donors (Lipinski definition) is 1. The number of carbonyl (C=O) groups is 1. The van der Waals surface area contributed by atoms with Gasteiger partial charge in [0.25, 0.3) is 5.91 Å². The van der Waals surface area contributed by atoms with E-state index in [1.54, 1.807) is 12.1 Å². The highest BCUT2D eigenvalue weighted by molar-refractivity contribution is 9.10. The van der Waals surface area contributed by atoms with E-state index in [2.05, 4.69) is 21.2 Å². The topological polar surface area (TPSA) is 29.1 Å². The van der Waals surface area contributed by atoms with Crippen LogP contribution in [0, 0.1) is 5.82 Å². The molecule has 4 heteroatoms. The first-order chi connectivity index (χ1) is 8.68. The van der Waals surface area contributed by atoms with Crippen LogP contribution in [0.25, 0.3) is 0 Å². The molecule has 1 aliphatic carbocycles. The third-order valence-corrected chi connectivity index (χ3v) is 4.19. The molecule has 0 atom stereocenters. The van der Waals surface area contributed by atoms with Gasteiger partial charge in [-0.1, -0.05) is 31.7 Å². The molecule has 1 amide bonds. The van der Waals surface area contributed by atoms with E-state index in [1.807, 2.05) is 0 Å². The van der Waals surface area contributed by atoms with Gasteiger partial charge >= 0.3 is 0 Å². The van der Waals surface area contributed by atoms with Crippen LogP contribution in [-0.4, -0.2) is 11.9 Å². The Labute approximate surface area is 115 Å². The number of hydrogen-bond acceptors (Lipinski definition) is 1. The molecular weight excluding hydrogens is 297 g/mol. The van der Waals surface area contributed by atoms with Crippen molar-refractivity contribution >= 4 is 21.8 Å². The van der Waals surface area contributed by atoms with Gasteiger partial charge in [-0.05, 0) is 40.9 Å². The molecule has 0 bridgehead atoms. The molecule has 0 saturated heterocycles. The molecule has 18 heavy (non-hydrogen) atoms. The predicted molar refractivity (Wildman–Crippen MR) is 73.1 cm³/mol. The van der Waals surface area contributed by atoms with E-state index in [0.717, 1.165) is 25.7 Å². The standard InChI is InChI=1S/C14H17BrFNO/c15-13-11(8-5-9-12(13)16)14(18)17-10-6-3-1-2-4-7-10/h5,8-10H,1-4,6-7H2,(H,17,18). The maximum atomic E-state index is 13.4. The number of halogens is 2. The van der Waals surface area contributed by atoms with Crippen LogP contribution < -0.4 is 5.32 Å². The van der Waals surface area contributed by atoms with Crippen molar-refractivity contribution in [2.45, 2.75) is 44.6 Å². The van der Waals surface area contributed by atoms with E-state index in [4.69, 9.17) is 0 Å². The lowest BCUT2D eigenvalue weighted by Crippen LogP contribution is -2.34. The van der Waals surface area contributed by atoms with Crippen molar-refractivity contribution in [2.24, 2.45) is 0 Å². The monoisotopic (exact) mass is 313 g/mol. The third-order valence-electron chi connectivity index (χ3n) is 3.39. The lowest BCUT2D eigenvalue weighted by atomic mass is 10.1. The summed E-state index contributed by atoms with van der Waals surface area (Å²) in [7, 11) is 0. The van der Waals surface area contributed by atoms with Gasteiger partial charge in [-0.3, -0.25) is 4.79 Å². The van der Waals surface area contributed by atoms with Crippen LogP contribution >= 0.6 is 15.9 Å². The summed E-state index contributed by atoms with van der Waals surface area (Å²) >= 11 is 3.13. The largest absolute Gasteiger partial charge is 0.349 e. The first-order valence-corrected chi connectivity index (χ1v) is 7.22. The van der Waals surface area contributed by atoms with Gasteiger partial charge in [0.05, 0.1) is 10.0 Å². The molecule has 0 heterocycles. The molecule has 1 N–H and O–H groups in total. The first kappa shape index (κ1) is 13.5. The summed E-state index contributed by atoms with van der Waals surface area (Å²) in [5.74, 6) is -0.586. The zero-order valence-corrected chi connectivity index (χ0v) is 11.8. The average Bonchev–Trinajstić information content (AvgIpc) is 2.61. The Morgan fingerprint density at radius 2 is 1.89 bits per heavy atom. The summed E-state index contributed by atoms with van der Waals surface area (Å²) in [5, 5.41) is 3.01. The predicted octanol–water partition coefficient (Wildman–Crippen LogP) is 4.04. The molecule has 1 aliphatic rings. The summed E-state index contributed by atoms with van der Waals surface area (Å²) in [6, 6.07) is 4.77. The van der Waals surface area contributed by atoms with Gasteiger partial charge < -0.3 is 5.32 Å². The maximum Gasteiger partial charge on any atom is 0.252 e. The second-order valence-electron chi connectivity index (χ2n) is 4.76. The minimum atomic E-state index is -0.400. The fourth-order valence-electron chi connectivity index (χ4n) is 2.37. The summed E-state index contributed by atoms with van der Waals surface area (Å²) in [5.41, 5.74) is 0.374. The second-order valence-corrected chi connectivity index (χ2v) is 5.56. The van der Waals surface area contributed by atoms with Crippen molar-refractivity contribution in [3.05, 3.63) is 34.1 Å². The van der Waals surface area contributed by atoms with Crippen LogP contribution in [0.1, 0.15) is 48.9 Å². The van der Waals surface area contributed by atoms with Crippen LogP contribution in [-0.2, 0) is 0 Å². The van der Waals surface area contributed by atoms with E-state index in [9.17, 15) is 9.18 Å². The fourth-order valence-corrected chi connectivity index (χ4v) is 2.81. The Bertz CT molecular complexity index is 428. The lowest BCUT2D eigenvalue weighted by molar-refractivity contribution is 0.0932. The van der Waals surface area contributed by atoms with Gasteiger partial charge in [0.15, 0.2) is 0 Å². The fraction of sp³-hybridized carbons (Fsp3) is 0.500. The quantitative estimate of drug-likeness (QED) is 0.820. The molecule has 2 nitrogen and oxygen atoms in total.